The Hall–Kier alpha value is -2.92. The molecule has 0 aliphatic heterocycles. The van der Waals surface area contributed by atoms with Crippen molar-refractivity contribution in [1.82, 2.24) is 10.2 Å². The molecule has 0 aliphatic rings. The van der Waals surface area contributed by atoms with E-state index < -0.39 is 0 Å². The molecule has 0 aliphatic carbocycles. The maximum absolute atomic E-state index is 12.1. The molecule has 2 aromatic carbocycles. The second-order valence-electron chi connectivity index (χ2n) is 5.65. The predicted octanol–water partition coefficient (Wildman–Crippen LogP) is 4.36. The average molecular weight is 353 g/mol. The molecule has 25 heavy (non-hydrogen) atoms. The number of benzene rings is 2. The number of aryl methyl sites for hydroxylation is 1. The Morgan fingerprint density at radius 3 is 2.48 bits per heavy atom. The minimum absolute atomic E-state index is 0.129. The number of amides is 1. The van der Waals surface area contributed by atoms with Crippen molar-refractivity contribution in [3.8, 4) is 0 Å². The van der Waals surface area contributed by atoms with Crippen molar-refractivity contribution in [1.29, 1.82) is 0 Å². The van der Waals surface area contributed by atoms with Gasteiger partial charge in [-0.1, -0.05) is 47.5 Å². The van der Waals surface area contributed by atoms with Crippen LogP contribution in [0.3, 0.4) is 0 Å². The molecule has 3 rings (SSSR count). The highest BCUT2D eigenvalue weighted by molar-refractivity contribution is 6.30. The predicted molar refractivity (Wildman–Crippen MR) is 100 cm³/mol. The highest BCUT2D eigenvalue weighted by atomic mass is 35.5. The molecule has 0 atom stereocenters. The van der Waals surface area contributed by atoms with Gasteiger partial charge in [0.25, 0.3) is 0 Å². The highest BCUT2D eigenvalue weighted by Crippen LogP contribution is 2.19. The highest BCUT2D eigenvalue weighted by Gasteiger charge is 2.06. The Balaban J connectivity index is 1.59. The Kier molecular flexibility index (Phi) is 5.26. The summed E-state index contributed by atoms with van der Waals surface area (Å²) in [5, 5.41) is 14.6. The molecule has 0 bridgehead atoms. The first kappa shape index (κ1) is 16.9. The lowest BCUT2D eigenvalue weighted by molar-refractivity contribution is -0.115. The molecule has 0 unspecified atom stereocenters. The van der Waals surface area contributed by atoms with Crippen LogP contribution in [-0.2, 0) is 11.2 Å². The van der Waals surface area contributed by atoms with Crippen LogP contribution < -0.4 is 10.6 Å². The molecule has 0 saturated heterocycles. The molecule has 2 N–H and O–H groups in total. The number of hydrogen-bond acceptors (Lipinski definition) is 4. The molecular weight excluding hydrogens is 336 g/mol. The topological polar surface area (TPSA) is 66.9 Å². The van der Waals surface area contributed by atoms with Crippen LogP contribution in [0.1, 0.15) is 11.1 Å². The SMILES string of the molecule is Cc1cccc(CC(=O)Nc2ccc(Nc3cccc(Cl)c3)nn2)c1. The standard InChI is InChI=1S/C19H17ClN4O/c1-13-4-2-5-14(10-13)11-19(25)22-18-9-8-17(23-24-18)21-16-7-3-6-15(20)12-16/h2-10,12H,11H2,1H3,(H,21,23)(H,22,24,25). The number of halogens is 1. The first-order chi connectivity index (χ1) is 12.1. The van der Waals surface area contributed by atoms with Crippen LogP contribution in [0.25, 0.3) is 0 Å². The quantitative estimate of drug-likeness (QED) is 0.715. The molecule has 6 heteroatoms. The van der Waals surface area contributed by atoms with E-state index in [0.717, 1.165) is 16.8 Å². The van der Waals surface area contributed by atoms with Crippen LogP contribution in [-0.4, -0.2) is 16.1 Å². The van der Waals surface area contributed by atoms with Crippen molar-refractivity contribution in [2.45, 2.75) is 13.3 Å². The van der Waals surface area contributed by atoms with E-state index in [2.05, 4.69) is 20.8 Å². The van der Waals surface area contributed by atoms with Crippen molar-refractivity contribution < 1.29 is 4.79 Å². The number of hydrogen-bond donors (Lipinski definition) is 2. The number of carbonyl (C=O) groups excluding carboxylic acids is 1. The molecule has 5 nitrogen and oxygen atoms in total. The normalized spacial score (nSPS) is 10.3. The van der Waals surface area contributed by atoms with E-state index in [0.29, 0.717) is 23.1 Å². The zero-order chi connectivity index (χ0) is 17.6. The second kappa shape index (κ2) is 7.77. The van der Waals surface area contributed by atoms with Crippen molar-refractivity contribution in [3.63, 3.8) is 0 Å². The lowest BCUT2D eigenvalue weighted by Crippen LogP contribution is -2.15. The van der Waals surface area contributed by atoms with Crippen LogP contribution in [0.4, 0.5) is 17.3 Å². The van der Waals surface area contributed by atoms with Gasteiger partial charge in [0.2, 0.25) is 5.91 Å². The molecule has 0 spiro atoms. The second-order valence-corrected chi connectivity index (χ2v) is 6.09. The number of anilines is 3. The van der Waals surface area contributed by atoms with E-state index in [4.69, 9.17) is 11.6 Å². The summed E-state index contributed by atoms with van der Waals surface area (Å²) in [7, 11) is 0. The maximum Gasteiger partial charge on any atom is 0.229 e. The number of nitrogens with zero attached hydrogens (tertiary/aromatic N) is 2. The first-order valence-corrected chi connectivity index (χ1v) is 8.18. The van der Waals surface area contributed by atoms with Gasteiger partial charge in [-0.15, -0.1) is 10.2 Å². The molecule has 126 valence electrons. The summed E-state index contributed by atoms with van der Waals surface area (Å²) in [5.74, 6) is 0.851. The minimum Gasteiger partial charge on any atom is -0.339 e. The minimum atomic E-state index is -0.129. The lowest BCUT2D eigenvalue weighted by Gasteiger charge is -2.07. The molecule has 1 aromatic heterocycles. The Labute approximate surface area is 151 Å². The summed E-state index contributed by atoms with van der Waals surface area (Å²) in [4.78, 5) is 12.1. The lowest BCUT2D eigenvalue weighted by atomic mass is 10.1. The molecule has 0 radical (unpaired) electrons. The van der Waals surface area contributed by atoms with Gasteiger partial charge in [-0.2, -0.15) is 0 Å². The smallest absolute Gasteiger partial charge is 0.229 e. The molecule has 1 amide bonds. The van der Waals surface area contributed by atoms with Crippen LogP contribution in [0.15, 0.2) is 60.7 Å². The van der Waals surface area contributed by atoms with E-state index in [1.807, 2.05) is 43.3 Å². The Bertz CT molecular complexity index is 881. The summed E-state index contributed by atoms with van der Waals surface area (Å²) in [6, 6.07) is 18.6. The van der Waals surface area contributed by atoms with Crippen LogP contribution in [0.5, 0.6) is 0 Å². The van der Waals surface area contributed by atoms with Gasteiger partial charge in [0, 0.05) is 10.7 Å². The number of nitrogens with one attached hydrogen (secondary N) is 2. The fraction of sp³-hybridized carbons (Fsp3) is 0.105. The molecule has 1 heterocycles. The molecule has 0 fully saturated rings. The summed E-state index contributed by atoms with van der Waals surface area (Å²) in [5.41, 5.74) is 2.91. The van der Waals surface area contributed by atoms with Crippen molar-refractivity contribution in [2.75, 3.05) is 10.6 Å². The third-order valence-corrected chi connectivity index (χ3v) is 3.71. The van der Waals surface area contributed by atoms with Gasteiger partial charge in [-0.3, -0.25) is 4.79 Å². The summed E-state index contributed by atoms with van der Waals surface area (Å²) in [6.45, 7) is 2.00. The van der Waals surface area contributed by atoms with Crippen LogP contribution in [0, 0.1) is 6.92 Å². The zero-order valence-corrected chi connectivity index (χ0v) is 14.4. The van der Waals surface area contributed by atoms with Crippen molar-refractivity contribution >= 4 is 34.8 Å². The summed E-state index contributed by atoms with van der Waals surface area (Å²) < 4.78 is 0. The number of carbonyl (C=O) groups is 1. The van der Waals surface area contributed by atoms with Gasteiger partial charge in [0.1, 0.15) is 0 Å². The molecule has 0 saturated carbocycles. The van der Waals surface area contributed by atoms with E-state index >= 15 is 0 Å². The van der Waals surface area contributed by atoms with Crippen LogP contribution >= 0.6 is 11.6 Å². The molecule has 3 aromatic rings. The third-order valence-electron chi connectivity index (χ3n) is 3.48. The Morgan fingerprint density at radius 1 is 1.00 bits per heavy atom. The molecular formula is C19H17ClN4O. The van der Waals surface area contributed by atoms with E-state index in [-0.39, 0.29) is 5.91 Å². The summed E-state index contributed by atoms with van der Waals surface area (Å²) >= 11 is 5.95. The van der Waals surface area contributed by atoms with Gasteiger partial charge in [-0.05, 0) is 42.8 Å². The van der Waals surface area contributed by atoms with Crippen molar-refractivity contribution in [2.24, 2.45) is 0 Å². The van der Waals surface area contributed by atoms with Gasteiger partial charge >= 0.3 is 0 Å². The van der Waals surface area contributed by atoms with Crippen LogP contribution in [0.2, 0.25) is 5.02 Å². The van der Waals surface area contributed by atoms with E-state index in [1.165, 1.54) is 0 Å². The Morgan fingerprint density at radius 2 is 1.76 bits per heavy atom. The average Bonchev–Trinajstić information content (AvgIpc) is 2.57. The van der Waals surface area contributed by atoms with E-state index in [1.54, 1.807) is 24.3 Å². The van der Waals surface area contributed by atoms with Crippen molar-refractivity contribution in [3.05, 3.63) is 76.8 Å². The fourth-order valence-corrected chi connectivity index (χ4v) is 2.56. The summed E-state index contributed by atoms with van der Waals surface area (Å²) in [6.07, 6.45) is 0.297. The number of rotatable bonds is 5. The largest absolute Gasteiger partial charge is 0.339 e. The zero-order valence-electron chi connectivity index (χ0n) is 13.7. The van der Waals surface area contributed by atoms with Gasteiger partial charge < -0.3 is 10.6 Å². The third kappa shape index (κ3) is 5.02. The van der Waals surface area contributed by atoms with Gasteiger partial charge in [0.15, 0.2) is 11.6 Å². The van der Waals surface area contributed by atoms with Gasteiger partial charge in [-0.25, -0.2) is 0 Å². The fourth-order valence-electron chi connectivity index (χ4n) is 2.37. The maximum atomic E-state index is 12.1. The van der Waals surface area contributed by atoms with E-state index in [9.17, 15) is 4.79 Å². The van der Waals surface area contributed by atoms with Gasteiger partial charge in [0.05, 0.1) is 6.42 Å². The number of aromatic nitrogens is 2. The monoisotopic (exact) mass is 352 g/mol. The first-order valence-electron chi connectivity index (χ1n) is 7.80.